The number of nitrogens with one attached hydrogen (secondary N) is 1. The molecule has 4 heteroatoms. The Balaban J connectivity index is 1.72. The van der Waals surface area contributed by atoms with E-state index in [2.05, 4.69) is 10.3 Å². The van der Waals surface area contributed by atoms with Gasteiger partial charge in [0.05, 0.1) is 0 Å². The van der Waals surface area contributed by atoms with Gasteiger partial charge in [-0.15, -0.1) is 0 Å². The van der Waals surface area contributed by atoms with Gasteiger partial charge >= 0.3 is 0 Å². The van der Waals surface area contributed by atoms with Gasteiger partial charge in [0, 0.05) is 5.92 Å². The first-order chi connectivity index (χ1) is 9.24. The molecule has 1 unspecified atom stereocenters. The molecule has 1 aromatic heterocycles. The molecule has 3 rings (SSSR count). The van der Waals surface area contributed by atoms with Gasteiger partial charge in [-0.05, 0) is 31.9 Å². The van der Waals surface area contributed by atoms with Gasteiger partial charge in [0.1, 0.15) is 11.6 Å². The number of rotatable bonds is 3. The zero-order valence-corrected chi connectivity index (χ0v) is 11.1. The van der Waals surface area contributed by atoms with Crippen molar-refractivity contribution in [2.45, 2.75) is 38.6 Å². The summed E-state index contributed by atoms with van der Waals surface area (Å²) in [7, 11) is 0. The first-order valence-electron chi connectivity index (χ1n) is 6.90. The van der Waals surface area contributed by atoms with Crippen molar-refractivity contribution in [1.82, 2.24) is 10.3 Å². The van der Waals surface area contributed by atoms with Crippen LogP contribution in [-0.2, 0) is 4.79 Å². The van der Waals surface area contributed by atoms with Crippen LogP contribution in [0, 0.1) is 5.92 Å². The molecule has 0 saturated heterocycles. The first kappa shape index (κ1) is 12.2. The Labute approximate surface area is 112 Å². The van der Waals surface area contributed by atoms with Gasteiger partial charge in [0.15, 0.2) is 5.58 Å². The fraction of sp³-hybridized carbons (Fsp3) is 0.467. The van der Waals surface area contributed by atoms with E-state index in [1.165, 1.54) is 0 Å². The van der Waals surface area contributed by atoms with Gasteiger partial charge in [-0.1, -0.05) is 25.0 Å². The highest BCUT2D eigenvalue weighted by Crippen LogP contribution is 2.26. The second-order valence-electron chi connectivity index (χ2n) is 5.23. The van der Waals surface area contributed by atoms with E-state index in [1.807, 2.05) is 31.2 Å². The van der Waals surface area contributed by atoms with Crippen molar-refractivity contribution in [3.05, 3.63) is 30.2 Å². The lowest BCUT2D eigenvalue weighted by molar-refractivity contribution is -0.125. The molecule has 1 amide bonds. The molecule has 0 aliphatic heterocycles. The molecule has 1 fully saturated rings. The summed E-state index contributed by atoms with van der Waals surface area (Å²) in [6.07, 6.45) is 4.34. The second-order valence-corrected chi connectivity index (χ2v) is 5.23. The molecule has 19 heavy (non-hydrogen) atoms. The third kappa shape index (κ3) is 2.48. The fourth-order valence-corrected chi connectivity index (χ4v) is 2.66. The Bertz CT molecular complexity index is 552. The maximum Gasteiger partial charge on any atom is 0.223 e. The minimum Gasteiger partial charge on any atom is -0.438 e. The standard InChI is InChI=1S/C15H18N2O2/c1-10(16-14(18)11-6-2-3-7-11)15-17-12-8-4-5-9-13(12)19-15/h4-5,8-11H,2-3,6-7H2,1H3,(H,16,18). The van der Waals surface area contributed by atoms with Crippen LogP contribution in [0.4, 0.5) is 0 Å². The Morgan fingerprint density at radius 2 is 2.11 bits per heavy atom. The molecule has 100 valence electrons. The average Bonchev–Trinajstić information content (AvgIpc) is 3.07. The summed E-state index contributed by atoms with van der Waals surface area (Å²) in [4.78, 5) is 16.5. The number of fused-ring (bicyclic) bond motifs is 1. The van der Waals surface area contributed by atoms with Gasteiger partial charge in [0.2, 0.25) is 11.8 Å². The van der Waals surface area contributed by atoms with E-state index in [4.69, 9.17) is 4.42 Å². The van der Waals surface area contributed by atoms with Crippen LogP contribution in [0.3, 0.4) is 0 Å². The average molecular weight is 258 g/mol. The van der Waals surface area contributed by atoms with E-state index in [-0.39, 0.29) is 17.9 Å². The summed E-state index contributed by atoms with van der Waals surface area (Å²) in [6.45, 7) is 1.91. The largest absolute Gasteiger partial charge is 0.438 e. The number of hydrogen-bond acceptors (Lipinski definition) is 3. The molecule has 1 aliphatic carbocycles. The molecule has 1 atom stereocenters. The van der Waals surface area contributed by atoms with Crippen molar-refractivity contribution >= 4 is 17.0 Å². The molecular formula is C15H18N2O2. The quantitative estimate of drug-likeness (QED) is 0.919. The summed E-state index contributed by atoms with van der Waals surface area (Å²) in [5, 5.41) is 3.00. The Hall–Kier alpha value is -1.84. The van der Waals surface area contributed by atoms with Crippen LogP contribution >= 0.6 is 0 Å². The van der Waals surface area contributed by atoms with Crippen LogP contribution in [-0.4, -0.2) is 10.9 Å². The lowest BCUT2D eigenvalue weighted by Gasteiger charge is -2.14. The van der Waals surface area contributed by atoms with Crippen LogP contribution in [0.25, 0.3) is 11.1 Å². The topological polar surface area (TPSA) is 55.1 Å². The van der Waals surface area contributed by atoms with Gasteiger partial charge < -0.3 is 9.73 Å². The van der Waals surface area contributed by atoms with Gasteiger partial charge in [0.25, 0.3) is 0 Å². The lowest BCUT2D eigenvalue weighted by atomic mass is 10.1. The molecule has 0 radical (unpaired) electrons. The number of hydrogen-bond donors (Lipinski definition) is 1. The van der Waals surface area contributed by atoms with Crippen molar-refractivity contribution in [3.8, 4) is 0 Å². The maximum atomic E-state index is 12.1. The van der Waals surface area contributed by atoms with Crippen LogP contribution in [0.2, 0.25) is 0 Å². The summed E-state index contributed by atoms with van der Waals surface area (Å²) >= 11 is 0. The van der Waals surface area contributed by atoms with Crippen LogP contribution in [0.15, 0.2) is 28.7 Å². The number of para-hydroxylation sites is 2. The molecule has 0 spiro atoms. The minimum absolute atomic E-state index is 0.132. The third-order valence-corrected chi connectivity index (χ3v) is 3.77. The number of carbonyl (C=O) groups is 1. The lowest BCUT2D eigenvalue weighted by Crippen LogP contribution is -2.31. The highest BCUT2D eigenvalue weighted by atomic mass is 16.3. The highest BCUT2D eigenvalue weighted by molar-refractivity contribution is 5.79. The predicted molar refractivity (Wildman–Crippen MR) is 72.5 cm³/mol. The molecule has 1 N–H and O–H groups in total. The summed E-state index contributed by atoms with van der Waals surface area (Å²) in [6, 6.07) is 7.46. The van der Waals surface area contributed by atoms with E-state index in [1.54, 1.807) is 0 Å². The van der Waals surface area contributed by atoms with Gasteiger partial charge in [-0.3, -0.25) is 4.79 Å². The maximum absolute atomic E-state index is 12.1. The molecule has 2 aromatic rings. The van der Waals surface area contributed by atoms with Crippen molar-refractivity contribution < 1.29 is 9.21 Å². The van der Waals surface area contributed by atoms with Crippen molar-refractivity contribution in [2.75, 3.05) is 0 Å². The highest BCUT2D eigenvalue weighted by Gasteiger charge is 2.25. The zero-order chi connectivity index (χ0) is 13.2. The summed E-state index contributed by atoms with van der Waals surface area (Å²) in [5.74, 6) is 0.881. The van der Waals surface area contributed by atoms with Gasteiger partial charge in [-0.2, -0.15) is 0 Å². The number of amides is 1. The third-order valence-electron chi connectivity index (χ3n) is 3.77. The van der Waals surface area contributed by atoms with E-state index in [0.717, 1.165) is 36.8 Å². The normalized spacial score (nSPS) is 17.7. The number of carbonyl (C=O) groups excluding carboxylic acids is 1. The molecular weight excluding hydrogens is 240 g/mol. The van der Waals surface area contributed by atoms with Crippen LogP contribution in [0.5, 0.6) is 0 Å². The molecule has 1 aliphatic rings. The second kappa shape index (κ2) is 5.03. The Kier molecular flexibility index (Phi) is 3.23. The Morgan fingerprint density at radius 3 is 2.84 bits per heavy atom. The molecule has 1 saturated carbocycles. The fourth-order valence-electron chi connectivity index (χ4n) is 2.66. The number of oxazole rings is 1. The molecule has 0 bridgehead atoms. The molecule has 1 aromatic carbocycles. The number of benzene rings is 1. The first-order valence-corrected chi connectivity index (χ1v) is 6.90. The summed E-state index contributed by atoms with van der Waals surface area (Å²) < 4.78 is 5.67. The van der Waals surface area contributed by atoms with Crippen LogP contribution < -0.4 is 5.32 Å². The number of nitrogens with zero attached hydrogens (tertiary/aromatic N) is 1. The van der Waals surface area contributed by atoms with E-state index in [9.17, 15) is 4.79 Å². The van der Waals surface area contributed by atoms with E-state index >= 15 is 0 Å². The summed E-state index contributed by atoms with van der Waals surface area (Å²) in [5.41, 5.74) is 1.60. The minimum atomic E-state index is -0.180. The molecule has 4 nitrogen and oxygen atoms in total. The Morgan fingerprint density at radius 1 is 1.37 bits per heavy atom. The van der Waals surface area contributed by atoms with Gasteiger partial charge in [-0.25, -0.2) is 4.98 Å². The predicted octanol–water partition coefficient (Wildman–Crippen LogP) is 3.20. The van der Waals surface area contributed by atoms with Crippen molar-refractivity contribution in [3.63, 3.8) is 0 Å². The number of aromatic nitrogens is 1. The molecule has 1 heterocycles. The zero-order valence-electron chi connectivity index (χ0n) is 11.1. The monoisotopic (exact) mass is 258 g/mol. The van der Waals surface area contributed by atoms with E-state index < -0.39 is 0 Å². The SMILES string of the molecule is CC(NC(=O)C1CCCC1)c1nc2ccccc2o1. The van der Waals surface area contributed by atoms with Crippen molar-refractivity contribution in [1.29, 1.82) is 0 Å². The van der Waals surface area contributed by atoms with Crippen molar-refractivity contribution in [2.24, 2.45) is 5.92 Å². The van der Waals surface area contributed by atoms with E-state index in [0.29, 0.717) is 5.89 Å². The smallest absolute Gasteiger partial charge is 0.223 e. The van der Waals surface area contributed by atoms with Crippen LogP contribution in [0.1, 0.15) is 44.5 Å².